The molecular formula is C19H15ClN2O. The van der Waals surface area contributed by atoms with Crippen molar-refractivity contribution in [2.75, 3.05) is 0 Å². The molecule has 2 heterocycles. The molecule has 0 atom stereocenters. The minimum absolute atomic E-state index is 0.0374. The van der Waals surface area contributed by atoms with Crippen molar-refractivity contribution in [2.24, 2.45) is 0 Å². The van der Waals surface area contributed by atoms with Gasteiger partial charge in [-0.2, -0.15) is 0 Å². The lowest BCUT2D eigenvalue weighted by atomic mass is 9.91. The van der Waals surface area contributed by atoms with Crippen LogP contribution in [0.3, 0.4) is 0 Å². The van der Waals surface area contributed by atoms with E-state index in [0.717, 1.165) is 41.7 Å². The van der Waals surface area contributed by atoms with Gasteiger partial charge in [0.25, 0.3) is 5.56 Å². The Labute approximate surface area is 138 Å². The lowest BCUT2D eigenvalue weighted by Crippen LogP contribution is -2.24. The monoisotopic (exact) mass is 322 g/mol. The molecule has 1 aliphatic carbocycles. The Morgan fingerprint density at radius 2 is 1.91 bits per heavy atom. The van der Waals surface area contributed by atoms with Crippen LogP contribution in [0.25, 0.3) is 17.3 Å². The van der Waals surface area contributed by atoms with Crippen LogP contribution in [0.15, 0.2) is 53.5 Å². The Kier molecular flexibility index (Phi) is 3.50. The van der Waals surface area contributed by atoms with Gasteiger partial charge in [0.15, 0.2) is 0 Å². The third-order valence-corrected chi connectivity index (χ3v) is 4.58. The molecule has 3 nitrogen and oxygen atoms in total. The smallest absolute Gasteiger partial charge is 0.261 e. The first-order valence-electron chi connectivity index (χ1n) is 7.70. The second kappa shape index (κ2) is 5.67. The fraction of sp³-hybridized carbons (Fsp3) is 0.158. The van der Waals surface area contributed by atoms with Gasteiger partial charge in [-0.05, 0) is 54.7 Å². The number of hydrogen-bond acceptors (Lipinski definition) is 2. The normalized spacial score (nSPS) is 15.8. The summed E-state index contributed by atoms with van der Waals surface area (Å²) in [5, 5.41) is 0.713. The summed E-state index contributed by atoms with van der Waals surface area (Å²) in [5.41, 5.74) is 4.40. The van der Waals surface area contributed by atoms with Crippen LogP contribution in [-0.2, 0) is 6.42 Å². The van der Waals surface area contributed by atoms with Crippen molar-refractivity contribution in [1.82, 2.24) is 9.38 Å². The van der Waals surface area contributed by atoms with E-state index in [1.807, 2.05) is 42.5 Å². The highest BCUT2D eigenvalue weighted by atomic mass is 35.5. The zero-order chi connectivity index (χ0) is 15.8. The standard InChI is InChI=1S/C19H15ClN2O/c20-16-9-2-1-6-13(16)12-14-7-5-8-15-18(14)21-17-10-3-4-11-22(17)19(15)23/h1-4,6,9-12H,5,7-8H2. The number of aromatic nitrogens is 2. The van der Waals surface area contributed by atoms with Crippen LogP contribution < -0.4 is 5.56 Å². The summed E-state index contributed by atoms with van der Waals surface area (Å²) in [5.74, 6) is 0. The Morgan fingerprint density at radius 3 is 2.78 bits per heavy atom. The highest BCUT2D eigenvalue weighted by molar-refractivity contribution is 6.32. The Bertz CT molecular complexity index is 988. The van der Waals surface area contributed by atoms with Crippen molar-refractivity contribution >= 4 is 28.9 Å². The predicted octanol–water partition coefficient (Wildman–Crippen LogP) is 4.22. The van der Waals surface area contributed by atoms with Crippen molar-refractivity contribution in [3.63, 3.8) is 0 Å². The molecule has 4 rings (SSSR count). The van der Waals surface area contributed by atoms with Crippen LogP contribution in [-0.4, -0.2) is 9.38 Å². The summed E-state index contributed by atoms with van der Waals surface area (Å²) >= 11 is 6.27. The third kappa shape index (κ3) is 2.47. The van der Waals surface area contributed by atoms with Crippen LogP contribution in [0.4, 0.5) is 0 Å². The number of allylic oxidation sites excluding steroid dienone is 1. The molecule has 1 aliphatic rings. The van der Waals surface area contributed by atoms with Gasteiger partial charge in [0.1, 0.15) is 5.65 Å². The molecule has 0 aliphatic heterocycles. The van der Waals surface area contributed by atoms with E-state index in [9.17, 15) is 4.79 Å². The minimum atomic E-state index is 0.0374. The number of benzene rings is 1. The van der Waals surface area contributed by atoms with E-state index in [1.54, 1.807) is 10.6 Å². The van der Waals surface area contributed by atoms with E-state index in [1.165, 1.54) is 0 Å². The molecule has 0 spiro atoms. The average molecular weight is 323 g/mol. The molecule has 0 amide bonds. The van der Waals surface area contributed by atoms with Crippen molar-refractivity contribution < 1.29 is 0 Å². The summed E-state index contributed by atoms with van der Waals surface area (Å²) in [6.45, 7) is 0. The highest BCUT2D eigenvalue weighted by Gasteiger charge is 2.20. The lowest BCUT2D eigenvalue weighted by Gasteiger charge is -2.18. The first-order chi connectivity index (χ1) is 11.2. The van der Waals surface area contributed by atoms with Crippen LogP contribution in [0, 0.1) is 0 Å². The fourth-order valence-corrected chi connectivity index (χ4v) is 3.30. The molecule has 0 radical (unpaired) electrons. The van der Waals surface area contributed by atoms with Gasteiger partial charge in [-0.3, -0.25) is 9.20 Å². The molecule has 114 valence electrons. The highest BCUT2D eigenvalue weighted by Crippen LogP contribution is 2.31. The summed E-state index contributed by atoms with van der Waals surface area (Å²) in [6.07, 6.45) is 6.48. The van der Waals surface area contributed by atoms with Gasteiger partial charge in [0, 0.05) is 16.8 Å². The van der Waals surface area contributed by atoms with E-state index in [0.29, 0.717) is 10.7 Å². The van der Waals surface area contributed by atoms with Crippen molar-refractivity contribution in [3.05, 3.63) is 80.9 Å². The second-order valence-corrected chi connectivity index (χ2v) is 6.12. The molecule has 0 saturated carbocycles. The van der Waals surface area contributed by atoms with Gasteiger partial charge >= 0.3 is 0 Å². The maximum absolute atomic E-state index is 12.7. The maximum atomic E-state index is 12.7. The maximum Gasteiger partial charge on any atom is 0.261 e. The number of fused-ring (bicyclic) bond motifs is 2. The van der Waals surface area contributed by atoms with Crippen LogP contribution in [0.5, 0.6) is 0 Å². The van der Waals surface area contributed by atoms with Crippen LogP contribution in [0.2, 0.25) is 5.02 Å². The zero-order valence-corrected chi connectivity index (χ0v) is 13.3. The molecular weight excluding hydrogens is 308 g/mol. The summed E-state index contributed by atoms with van der Waals surface area (Å²) in [4.78, 5) is 17.4. The van der Waals surface area contributed by atoms with Gasteiger partial charge in [-0.1, -0.05) is 35.9 Å². The first kappa shape index (κ1) is 14.2. The topological polar surface area (TPSA) is 34.4 Å². The summed E-state index contributed by atoms with van der Waals surface area (Å²) < 4.78 is 1.62. The van der Waals surface area contributed by atoms with Gasteiger partial charge in [0.05, 0.1) is 5.69 Å². The number of halogens is 1. The first-order valence-corrected chi connectivity index (χ1v) is 8.07. The van der Waals surface area contributed by atoms with Crippen molar-refractivity contribution in [3.8, 4) is 0 Å². The SMILES string of the molecule is O=c1c2c(nc3ccccn13)C(=Cc1ccccc1Cl)CCC2. The van der Waals surface area contributed by atoms with Crippen LogP contribution in [0.1, 0.15) is 29.7 Å². The molecule has 3 aromatic rings. The fourth-order valence-electron chi connectivity index (χ4n) is 3.11. The molecule has 0 unspecified atom stereocenters. The molecule has 23 heavy (non-hydrogen) atoms. The Morgan fingerprint density at radius 1 is 1.09 bits per heavy atom. The molecule has 0 saturated heterocycles. The van der Waals surface area contributed by atoms with Crippen molar-refractivity contribution in [1.29, 1.82) is 0 Å². The summed E-state index contributed by atoms with van der Waals surface area (Å²) in [6, 6.07) is 13.4. The largest absolute Gasteiger partial charge is 0.269 e. The molecule has 0 fully saturated rings. The van der Waals surface area contributed by atoms with E-state index < -0.39 is 0 Å². The van der Waals surface area contributed by atoms with Crippen molar-refractivity contribution in [2.45, 2.75) is 19.3 Å². The van der Waals surface area contributed by atoms with Gasteiger partial charge < -0.3 is 0 Å². The van der Waals surface area contributed by atoms with E-state index >= 15 is 0 Å². The molecule has 1 aromatic carbocycles. The molecule has 2 aromatic heterocycles. The number of rotatable bonds is 1. The van der Waals surface area contributed by atoms with Crippen LogP contribution >= 0.6 is 11.6 Å². The van der Waals surface area contributed by atoms with E-state index in [2.05, 4.69) is 6.08 Å². The van der Waals surface area contributed by atoms with E-state index in [4.69, 9.17) is 16.6 Å². The summed E-state index contributed by atoms with van der Waals surface area (Å²) in [7, 11) is 0. The van der Waals surface area contributed by atoms with Gasteiger partial charge in [-0.15, -0.1) is 0 Å². The average Bonchev–Trinajstić information content (AvgIpc) is 2.58. The number of hydrogen-bond donors (Lipinski definition) is 0. The number of pyridine rings is 1. The lowest BCUT2D eigenvalue weighted by molar-refractivity contribution is 0.787. The van der Waals surface area contributed by atoms with Gasteiger partial charge in [-0.25, -0.2) is 4.98 Å². The Balaban J connectivity index is 1.95. The zero-order valence-electron chi connectivity index (χ0n) is 12.5. The number of nitrogens with zero attached hydrogens (tertiary/aromatic N) is 2. The van der Waals surface area contributed by atoms with Gasteiger partial charge in [0.2, 0.25) is 0 Å². The third-order valence-electron chi connectivity index (χ3n) is 4.24. The molecule has 0 bridgehead atoms. The van der Waals surface area contributed by atoms with E-state index in [-0.39, 0.29) is 5.56 Å². The predicted molar refractivity (Wildman–Crippen MR) is 93.7 cm³/mol. The quantitative estimate of drug-likeness (QED) is 0.672. The molecule has 0 N–H and O–H groups in total. The minimum Gasteiger partial charge on any atom is -0.269 e. The second-order valence-electron chi connectivity index (χ2n) is 5.72. The molecule has 4 heteroatoms. The Hall–Kier alpha value is -2.39.